The van der Waals surface area contributed by atoms with E-state index in [2.05, 4.69) is 21.2 Å². The minimum atomic E-state index is -0.913. The van der Waals surface area contributed by atoms with Gasteiger partial charge in [0.1, 0.15) is 0 Å². The number of nitrogens with one attached hydrogen (secondary N) is 3. The molecule has 12 heteroatoms. The van der Waals surface area contributed by atoms with Crippen LogP contribution in [0.3, 0.4) is 0 Å². The van der Waals surface area contributed by atoms with Gasteiger partial charge in [0.25, 0.3) is 5.91 Å². The number of anilines is 1. The first-order valence-corrected chi connectivity index (χ1v) is 11.4. The Balaban J connectivity index is 1.52. The summed E-state index contributed by atoms with van der Waals surface area (Å²) >= 11 is 12.1. The smallest absolute Gasteiger partial charge is 0.329 e. The summed E-state index contributed by atoms with van der Waals surface area (Å²) in [5.41, 5.74) is 3.17. The molecule has 2 aromatic carbocycles. The van der Waals surface area contributed by atoms with Crippen LogP contribution in [0.1, 0.15) is 18.4 Å². The fourth-order valence-electron chi connectivity index (χ4n) is 3.13. The highest BCUT2D eigenvalue weighted by atomic mass is 35.5. The van der Waals surface area contributed by atoms with E-state index >= 15 is 0 Å². The number of ether oxygens (including phenoxy) is 3. The van der Waals surface area contributed by atoms with E-state index in [4.69, 9.17) is 37.4 Å². The van der Waals surface area contributed by atoms with Crippen molar-refractivity contribution in [1.82, 2.24) is 10.7 Å². The van der Waals surface area contributed by atoms with Crippen molar-refractivity contribution in [3.05, 3.63) is 52.0 Å². The average molecular weight is 523 g/mol. The first kappa shape index (κ1) is 26.3. The fourth-order valence-corrected chi connectivity index (χ4v) is 3.53. The van der Waals surface area contributed by atoms with Gasteiger partial charge in [0, 0.05) is 23.9 Å². The van der Waals surface area contributed by atoms with Crippen molar-refractivity contribution in [3.8, 4) is 11.5 Å². The molecule has 0 radical (unpaired) electrons. The molecule has 1 aliphatic rings. The van der Waals surface area contributed by atoms with Crippen LogP contribution in [0.4, 0.5) is 5.69 Å². The van der Waals surface area contributed by atoms with Gasteiger partial charge in [-0.2, -0.15) is 5.10 Å². The summed E-state index contributed by atoms with van der Waals surface area (Å²) in [7, 11) is 1.41. The van der Waals surface area contributed by atoms with Crippen LogP contribution in [0.5, 0.6) is 11.5 Å². The Hall–Kier alpha value is -3.34. The number of hydrogen-bond acceptors (Lipinski definition) is 7. The van der Waals surface area contributed by atoms with Gasteiger partial charge in [0.2, 0.25) is 0 Å². The van der Waals surface area contributed by atoms with Crippen LogP contribution >= 0.6 is 23.2 Å². The molecule has 0 saturated carbocycles. The van der Waals surface area contributed by atoms with E-state index in [1.165, 1.54) is 19.4 Å². The number of carbonyl (C=O) groups is 3. The van der Waals surface area contributed by atoms with Crippen molar-refractivity contribution < 1.29 is 28.6 Å². The van der Waals surface area contributed by atoms with Crippen molar-refractivity contribution in [2.45, 2.75) is 18.9 Å². The Morgan fingerprint density at radius 1 is 1.17 bits per heavy atom. The van der Waals surface area contributed by atoms with Crippen molar-refractivity contribution >= 4 is 52.8 Å². The second-order valence-corrected chi connectivity index (χ2v) is 8.27. The Bertz CT molecular complexity index is 1090. The molecule has 2 aromatic rings. The van der Waals surface area contributed by atoms with E-state index < -0.39 is 17.7 Å². The lowest BCUT2D eigenvalue weighted by Gasteiger charge is -2.13. The minimum absolute atomic E-state index is 0.0749. The highest BCUT2D eigenvalue weighted by molar-refractivity contribution is 6.35. The van der Waals surface area contributed by atoms with Gasteiger partial charge in [-0.25, -0.2) is 5.43 Å². The standard InChI is InChI=1S/C23H24Cl2N4O6/c1-33-19-10-14(11-27-29-23(32)22(31)26-12-17-3-2-8-34-17)9-18(25)21(19)35-13-20(30)28-16-6-4-15(24)5-7-16/h4-7,9-11,17H,2-3,8,12-13H2,1H3,(H,26,31)(H,28,30)(H,29,32)/b27-11-/t17-/m0/s1. The molecule has 0 bridgehead atoms. The molecular weight excluding hydrogens is 499 g/mol. The van der Waals surface area contributed by atoms with Crippen molar-refractivity contribution in [3.63, 3.8) is 0 Å². The summed E-state index contributed by atoms with van der Waals surface area (Å²) in [6, 6.07) is 9.68. The lowest BCUT2D eigenvalue weighted by molar-refractivity contribution is -0.139. The van der Waals surface area contributed by atoms with Gasteiger partial charge >= 0.3 is 11.8 Å². The summed E-state index contributed by atoms with van der Waals surface area (Å²) in [6.45, 7) is 0.606. The van der Waals surface area contributed by atoms with Crippen LogP contribution in [0.15, 0.2) is 41.5 Å². The van der Waals surface area contributed by atoms with Gasteiger partial charge in [0.15, 0.2) is 18.1 Å². The molecule has 1 saturated heterocycles. The zero-order valence-electron chi connectivity index (χ0n) is 18.8. The van der Waals surface area contributed by atoms with Gasteiger partial charge in [0.05, 0.1) is 24.5 Å². The molecule has 1 heterocycles. The predicted molar refractivity (Wildman–Crippen MR) is 131 cm³/mol. The van der Waals surface area contributed by atoms with Crippen LogP contribution in [-0.2, 0) is 19.1 Å². The molecule has 0 spiro atoms. The van der Waals surface area contributed by atoms with Gasteiger partial charge in [-0.1, -0.05) is 23.2 Å². The number of carbonyl (C=O) groups excluding carboxylic acids is 3. The SMILES string of the molecule is COc1cc(/C=N\NC(=O)C(=O)NC[C@@H]2CCCO2)cc(Cl)c1OCC(=O)Nc1ccc(Cl)cc1. The molecule has 0 aromatic heterocycles. The van der Waals surface area contributed by atoms with E-state index in [9.17, 15) is 14.4 Å². The maximum absolute atomic E-state index is 12.2. The molecule has 35 heavy (non-hydrogen) atoms. The van der Waals surface area contributed by atoms with Crippen molar-refractivity contribution in [1.29, 1.82) is 0 Å². The highest BCUT2D eigenvalue weighted by Crippen LogP contribution is 2.36. The molecule has 10 nitrogen and oxygen atoms in total. The molecule has 3 amide bonds. The maximum atomic E-state index is 12.2. The summed E-state index contributed by atoms with van der Waals surface area (Å²) in [6.07, 6.45) is 2.99. The molecular formula is C23H24Cl2N4O6. The molecule has 3 N–H and O–H groups in total. The largest absolute Gasteiger partial charge is 0.493 e. The molecule has 0 unspecified atom stereocenters. The second-order valence-electron chi connectivity index (χ2n) is 7.42. The third-order valence-electron chi connectivity index (χ3n) is 4.83. The fraction of sp³-hybridized carbons (Fsp3) is 0.304. The number of hydrazone groups is 1. The van der Waals surface area contributed by atoms with E-state index in [1.807, 2.05) is 0 Å². The Labute approximate surface area is 211 Å². The molecule has 1 atom stereocenters. The normalized spacial score (nSPS) is 15.0. The summed E-state index contributed by atoms with van der Waals surface area (Å²) in [4.78, 5) is 35.9. The Kier molecular flexibility index (Phi) is 9.71. The number of benzene rings is 2. The first-order chi connectivity index (χ1) is 16.9. The van der Waals surface area contributed by atoms with Crippen LogP contribution < -0.4 is 25.5 Å². The lowest BCUT2D eigenvalue weighted by atomic mass is 10.2. The van der Waals surface area contributed by atoms with Crippen LogP contribution in [0.25, 0.3) is 0 Å². The molecule has 186 valence electrons. The van der Waals surface area contributed by atoms with Crippen LogP contribution in [0.2, 0.25) is 10.0 Å². The summed E-state index contributed by atoms with van der Waals surface area (Å²) < 4.78 is 16.2. The number of rotatable bonds is 9. The monoisotopic (exact) mass is 522 g/mol. The van der Waals surface area contributed by atoms with E-state index in [1.54, 1.807) is 30.3 Å². The lowest BCUT2D eigenvalue weighted by Crippen LogP contribution is -2.41. The number of nitrogens with zero attached hydrogens (tertiary/aromatic N) is 1. The van der Waals surface area contributed by atoms with Crippen molar-refractivity contribution in [2.24, 2.45) is 5.10 Å². The van der Waals surface area contributed by atoms with Crippen LogP contribution in [-0.4, -0.2) is 56.9 Å². The predicted octanol–water partition coefficient (Wildman–Crippen LogP) is 2.76. The topological polar surface area (TPSA) is 127 Å². The van der Waals surface area contributed by atoms with Gasteiger partial charge in [-0.15, -0.1) is 0 Å². The number of amides is 3. The minimum Gasteiger partial charge on any atom is -0.493 e. The number of halogens is 2. The molecule has 0 aliphatic carbocycles. The second kappa shape index (κ2) is 12.9. The number of methoxy groups -OCH3 is 1. The summed E-state index contributed by atoms with van der Waals surface area (Å²) in [5.74, 6) is -1.72. The van der Waals surface area contributed by atoms with Crippen molar-refractivity contribution in [2.75, 3.05) is 32.2 Å². The van der Waals surface area contributed by atoms with Gasteiger partial charge in [-0.05, 0) is 54.8 Å². The van der Waals surface area contributed by atoms with E-state index in [0.29, 0.717) is 22.9 Å². The maximum Gasteiger partial charge on any atom is 0.329 e. The molecule has 1 fully saturated rings. The number of hydrogen-bond donors (Lipinski definition) is 3. The highest BCUT2D eigenvalue weighted by Gasteiger charge is 2.19. The van der Waals surface area contributed by atoms with E-state index in [-0.39, 0.29) is 35.8 Å². The molecule has 1 aliphatic heterocycles. The molecule has 3 rings (SSSR count). The zero-order valence-corrected chi connectivity index (χ0v) is 20.3. The Morgan fingerprint density at radius 2 is 1.94 bits per heavy atom. The Morgan fingerprint density at radius 3 is 2.63 bits per heavy atom. The zero-order chi connectivity index (χ0) is 25.2. The van der Waals surface area contributed by atoms with Gasteiger partial charge in [-0.3, -0.25) is 14.4 Å². The first-order valence-electron chi connectivity index (χ1n) is 10.6. The third-order valence-corrected chi connectivity index (χ3v) is 5.36. The average Bonchev–Trinajstić information content (AvgIpc) is 3.36. The quantitative estimate of drug-likeness (QED) is 0.264. The third kappa shape index (κ3) is 8.13. The van der Waals surface area contributed by atoms with Crippen LogP contribution in [0, 0.1) is 0 Å². The van der Waals surface area contributed by atoms with E-state index in [0.717, 1.165) is 12.8 Å². The summed E-state index contributed by atoms with van der Waals surface area (Å²) in [5, 5.41) is 9.66. The van der Waals surface area contributed by atoms with Gasteiger partial charge < -0.3 is 24.8 Å².